The van der Waals surface area contributed by atoms with Crippen LogP contribution in [0.25, 0.3) is 0 Å². The lowest BCUT2D eigenvalue weighted by molar-refractivity contribution is -0.134. The van der Waals surface area contributed by atoms with Crippen LogP contribution in [0.1, 0.15) is 41.6 Å². The van der Waals surface area contributed by atoms with Crippen LogP contribution in [-0.4, -0.2) is 82.2 Å². The number of ether oxygens (including phenoxy) is 1. The Kier molecular flexibility index (Phi) is 7.07. The zero-order valence-electron chi connectivity index (χ0n) is 17.7. The van der Waals surface area contributed by atoms with Crippen LogP contribution in [0.15, 0.2) is 23.1 Å². The molecule has 2 aliphatic rings. The van der Waals surface area contributed by atoms with Crippen molar-refractivity contribution in [2.24, 2.45) is 0 Å². The minimum Gasteiger partial charge on any atom is -0.452 e. The van der Waals surface area contributed by atoms with Crippen LogP contribution in [0.4, 0.5) is 0 Å². The minimum absolute atomic E-state index is 0.0344. The van der Waals surface area contributed by atoms with Crippen LogP contribution in [0.3, 0.4) is 0 Å². The number of likely N-dealkylation sites (N-methyl/N-ethyl adjacent to an activating group) is 1. The summed E-state index contributed by atoms with van der Waals surface area (Å²) >= 11 is 0. The first kappa shape index (κ1) is 23.7. The molecular formula is C20H28N2O7S2. The molecule has 0 spiro atoms. The van der Waals surface area contributed by atoms with E-state index in [4.69, 9.17) is 4.74 Å². The van der Waals surface area contributed by atoms with Gasteiger partial charge >= 0.3 is 5.97 Å². The van der Waals surface area contributed by atoms with E-state index in [0.29, 0.717) is 25.1 Å². The van der Waals surface area contributed by atoms with Crippen LogP contribution in [0, 0.1) is 6.92 Å². The van der Waals surface area contributed by atoms with Gasteiger partial charge in [0.25, 0.3) is 5.91 Å². The number of carbonyl (C=O) groups excluding carboxylic acids is 2. The third-order valence-electron chi connectivity index (χ3n) is 5.83. The first-order valence-electron chi connectivity index (χ1n) is 10.3. The summed E-state index contributed by atoms with van der Waals surface area (Å²) in [4.78, 5) is 26.1. The van der Waals surface area contributed by atoms with Crippen molar-refractivity contribution >= 4 is 31.7 Å². The summed E-state index contributed by atoms with van der Waals surface area (Å²) in [5, 5.41) is 0. The lowest BCUT2D eigenvalue weighted by atomic mass is 10.1. The van der Waals surface area contributed by atoms with Crippen molar-refractivity contribution in [1.29, 1.82) is 0 Å². The maximum atomic E-state index is 13.0. The topological polar surface area (TPSA) is 118 Å². The molecule has 0 aliphatic carbocycles. The van der Waals surface area contributed by atoms with Crippen LogP contribution in [0.5, 0.6) is 0 Å². The summed E-state index contributed by atoms with van der Waals surface area (Å²) in [7, 11) is -5.38. The maximum absolute atomic E-state index is 13.0. The van der Waals surface area contributed by atoms with Crippen LogP contribution >= 0.6 is 0 Å². The molecule has 31 heavy (non-hydrogen) atoms. The van der Waals surface area contributed by atoms with Crippen molar-refractivity contribution in [2.45, 2.75) is 43.5 Å². The molecular weight excluding hydrogens is 444 g/mol. The molecule has 0 aromatic heterocycles. The van der Waals surface area contributed by atoms with E-state index in [1.165, 1.54) is 28.4 Å². The summed E-state index contributed by atoms with van der Waals surface area (Å²) < 4.78 is 55.7. The summed E-state index contributed by atoms with van der Waals surface area (Å²) in [6.07, 6.45) is 2.96. The molecule has 3 rings (SSSR count). The van der Waals surface area contributed by atoms with Crippen LogP contribution in [0.2, 0.25) is 0 Å². The highest BCUT2D eigenvalue weighted by atomic mass is 32.2. The molecule has 0 bridgehead atoms. The second-order valence-electron chi connectivity index (χ2n) is 8.08. The summed E-state index contributed by atoms with van der Waals surface area (Å²) in [5.74, 6) is -1.38. The van der Waals surface area contributed by atoms with Gasteiger partial charge in [-0.1, -0.05) is 12.5 Å². The third kappa shape index (κ3) is 5.45. The highest BCUT2D eigenvalue weighted by Gasteiger charge is 2.33. The Morgan fingerprint density at radius 1 is 1.19 bits per heavy atom. The van der Waals surface area contributed by atoms with E-state index in [-0.39, 0.29) is 22.0 Å². The number of esters is 1. The van der Waals surface area contributed by atoms with Crippen molar-refractivity contribution in [2.75, 3.05) is 38.2 Å². The normalized spacial score (nSPS) is 21.5. The zero-order chi connectivity index (χ0) is 22.8. The molecule has 1 aromatic rings. The molecule has 1 atom stereocenters. The second kappa shape index (κ2) is 9.25. The Balaban J connectivity index is 1.67. The molecule has 2 saturated heterocycles. The van der Waals surface area contributed by atoms with Gasteiger partial charge < -0.3 is 9.64 Å². The molecule has 0 unspecified atom stereocenters. The van der Waals surface area contributed by atoms with E-state index < -0.39 is 44.4 Å². The van der Waals surface area contributed by atoms with E-state index in [9.17, 15) is 26.4 Å². The van der Waals surface area contributed by atoms with Crippen molar-refractivity contribution in [3.05, 3.63) is 29.3 Å². The lowest BCUT2D eigenvalue weighted by Crippen LogP contribution is -2.40. The molecule has 2 fully saturated rings. The van der Waals surface area contributed by atoms with Gasteiger partial charge in [0.2, 0.25) is 10.0 Å². The lowest BCUT2D eigenvalue weighted by Gasteiger charge is -2.26. The number of sulfone groups is 1. The molecule has 1 aromatic carbocycles. The second-order valence-corrected chi connectivity index (χ2v) is 12.2. The third-order valence-corrected chi connectivity index (χ3v) is 9.62. The van der Waals surface area contributed by atoms with Gasteiger partial charge in [-0.15, -0.1) is 0 Å². The standard InChI is InChI=1S/C20H28N2O7S2/c1-15-6-7-16(12-18(15)31(27,28)22-9-4-3-5-10-22)20(24)29-13-19(23)21(2)17-8-11-30(25,26)14-17/h6-7,12,17H,3-5,8-11,13-14H2,1-2H3/t17-/m1/s1. The Morgan fingerprint density at radius 3 is 2.48 bits per heavy atom. The van der Waals surface area contributed by atoms with Gasteiger partial charge in [-0.3, -0.25) is 4.79 Å². The van der Waals surface area contributed by atoms with Crippen molar-refractivity contribution < 1.29 is 31.2 Å². The number of benzene rings is 1. The van der Waals surface area contributed by atoms with E-state index in [1.54, 1.807) is 13.0 Å². The molecule has 172 valence electrons. The first-order chi connectivity index (χ1) is 14.5. The predicted octanol–water partition coefficient (Wildman–Crippen LogP) is 0.972. The Bertz CT molecular complexity index is 1060. The fourth-order valence-electron chi connectivity index (χ4n) is 3.85. The van der Waals surface area contributed by atoms with Gasteiger partial charge in [-0.25, -0.2) is 21.6 Å². The van der Waals surface area contributed by atoms with Gasteiger partial charge in [0.15, 0.2) is 16.4 Å². The molecule has 11 heteroatoms. The zero-order valence-corrected chi connectivity index (χ0v) is 19.4. The SMILES string of the molecule is Cc1ccc(C(=O)OCC(=O)N(C)[C@@H]2CCS(=O)(=O)C2)cc1S(=O)(=O)N1CCCCC1. The summed E-state index contributed by atoms with van der Waals surface area (Å²) in [6.45, 7) is 2.02. The Morgan fingerprint density at radius 2 is 1.87 bits per heavy atom. The quantitative estimate of drug-likeness (QED) is 0.566. The number of rotatable bonds is 6. The Hall–Kier alpha value is -1.98. The molecule has 0 saturated carbocycles. The maximum Gasteiger partial charge on any atom is 0.338 e. The molecule has 1 amide bonds. The number of hydrogen-bond donors (Lipinski definition) is 0. The van der Waals surface area contributed by atoms with Gasteiger partial charge in [0.1, 0.15) is 0 Å². The number of amides is 1. The summed E-state index contributed by atoms with van der Waals surface area (Å²) in [6, 6.07) is 3.87. The number of carbonyl (C=O) groups is 2. The average molecular weight is 473 g/mol. The van der Waals surface area contributed by atoms with Crippen LogP contribution in [-0.2, 0) is 29.4 Å². The molecule has 0 radical (unpaired) electrons. The van der Waals surface area contributed by atoms with Gasteiger partial charge in [-0.2, -0.15) is 4.31 Å². The van der Waals surface area contributed by atoms with Gasteiger partial charge in [0.05, 0.1) is 22.0 Å². The molecule has 2 heterocycles. The van der Waals surface area contributed by atoms with E-state index in [1.807, 2.05) is 0 Å². The van der Waals surface area contributed by atoms with Crippen molar-refractivity contribution in [3.8, 4) is 0 Å². The first-order valence-corrected chi connectivity index (χ1v) is 13.5. The number of aryl methyl sites for hydroxylation is 1. The molecule has 2 aliphatic heterocycles. The minimum atomic E-state index is -3.72. The number of nitrogens with zero attached hydrogens (tertiary/aromatic N) is 2. The highest BCUT2D eigenvalue weighted by Crippen LogP contribution is 2.25. The van der Waals surface area contributed by atoms with Gasteiger partial charge in [-0.05, 0) is 43.9 Å². The fourth-order valence-corrected chi connectivity index (χ4v) is 7.39. The monoisotopic (exact) mass is 472 g/mol. The van der Waals surface area contributed by atoms with E-state index in [2.05, 4.69) is 0 Å². The molecule has 9 nitrogen and oxygen atoms in total. The summed E-state index contributed by atoms with van der Waals surface area (Å²) in [5.41, 5.74) is 0.570. The number of hydrogen-bond acceptors (Lipinski definition) is 7. The largest absolute Gasteiger partial charge is 0.452 e. The molecule has 0 N–H and O–H groups in total. The van der Waals surface area contributed by atoms with Gasteiger partial charge in [0, 0.05) is 26.2 Å². The van der Waals surface area contributed by atoms with E-state index in [0.717, 1.165) is 19.3 Å². The highest BCUT2D eigenvalue weighted by molar-refractivity contribution is 7.91. The van der Waals surface area contributed by atoms with Crippen molar-refractivity contribution in [3.63, 3.8) is 0 Å². The fraction of sp³-hybridized carbons (Fsp3) is 0.600. The smallest absolute Gasteiger partial charge is 0.338 e. The van der Waals surface area contributed by atoms with Crippen molar-refractivity contribution in [1.82, 2.24) is 9.21 Å². The number of sulfonamides is 1. The van der Waals surface area contributed by atoms with Crippen LogP contribution < -0.4 is 0 Å². The number of piperidine rings is 1. The Labute approximate surface area is 183 Å². The predicted molar refractivity (Wildman–Crippen MR) is 114 cm³/mol. The van der Waals surface area contributed by atoms with E-state index >= 15 is 0 Å². The average Bonchev–Trinajstić information content (AvgIpc) is 3.11.